The number of hydrogen-bond acceptors (Lipinski definition) is 7. The van der Waals surface area contributed by atoms with Crippen LogP contribution >= 0.6 is 7.82 Å². The standard InChI is InChI=1S/C18H39N.C2H7N.C2H7O7P/c1-2-3-4-5-6-7-8-9-10-11-12-13-14-15-16-17-18-19;1-2-3;3-2(4,5)1-9-10(6,7)8/h2-19H2,1H3;2-3H2,1H3;3-5H,1H2,(H2,6,7,8). The molecule has 0 heterocycles. The number of phosphoric acid groups is 1. The summed E-state index contributed by atoms with van der Waals surface area (Å²) in [7, 11) is -4.74. The van der Waals surface area contributed by atoms with Crippen molar-refractivity contribution >= 4 is 7.82 Å². The Morgan fingerprint density at radius 2 is 0.938 bits per heavy atom. The highest BCUT2D eigenvalue weighted by molar-refractivity contribution is 7.46. The van der Waals surface area contributed by atoms with Gasteiger partial charge >= 0.3 is 13.8 Å². The van der Waals surface area contributed by atoms with E-state index in [1.165, 1.54) is 103 Å². The quantitative estimate of drug-likeness (QED) is 0.0806. The lowest BCUT2D eigenvalue weighted by molar-refractivity contribution is -0.323. The zero-order valence-electron chi connectivity index (χ0n) is 20.6. The number of rotatable bonds is 19. The topological polar surface area (TPSA) is 179 Å². The zero-order chi connectivity index (χ0) is 25.1. The Kier molecular flexibility index (Phi) is 31.0. The molecule has 0 aliphatic heterocycles. The molecule has 0 aliphatic rings. The molecule has 0 saturated heterocycles. The first-order valence-corrected chi connectivity index (χ1v) is 13.8. The fourth-order valence-corrected chi connectivity index (χ4v) is 3.20. The molecule has 0 unspecified atom stereocenters. The minimum atomic E-state index is -4.74. The van der Waals surface area contributed by atoms with Crippen molar-refractivity contribution in [1.29, 1.82) is 0 Å². The molecule has 9 N–H and O–H groups in total. The summed E-state index contributed by atoms with van der Waals surface area (Å²) in [6.07, 6.45) is 22.9. The molecule has 198 valence electrons. The summed E-state index contributed by atoms with van der Waals surface area (Å²) in [5.41, 5.74) is 10.3. The van der Waals surface area contributed by atoms with E-state index in [1.54, 1.807) is 0 Å². The highest BCUT2D eigenvalue weighted by Crippen LogP contribution is 2.36. The lowest BCUT2D eigenvalue weighted by Gasteiger charge is -2.13. The fourth-order valence-electron chi connectivity index (χ4n) is 2.86. The maximum atomic E-state index is 9.82. The van der Waals surface area contributed by atoms with Gasteiger partial charge in [-0.25, -0.2) is 4.57 Å². The third kappa shape index (κ3) is 47.6. The van der Waals surface area contributed by atoms with Crippen LogP contribution in [0, 0.1) is 0 Å². The molecule has 0 bridgehead atoms. The Morgan fingerprint density at radius 1 is 0.656 bits per heavy atom. The van der Waals surface area contributed by atoms with E-state index in [0.717, 1.165) is 13.1 Å². The first-order valence-electron chi connectivity index (χ1n) is 12.3. The van der Waals surface area contributed by atoms with Gasteiger partial charge in [-0.3, -0.25) is 4.52 Å². The predicted molar refractivity (Wildman–Crippen MR) is 131 cm³/mol. The van der Waals surface area contributed by atoms with Gasteiger partial charge in [-0.05, 0) is 19.5 Å². The minimum Gasteiger partial charge on any atom is -0.342 e. The lowest BCUT2D eigenvalue weighted by Crippen LogP contribution is -2.32. The second-order valence-electron chi connectivity index (χ2n) is 8.04. The molecule has 0 spiro atoms. The Labute approximate surface area is 196 Å². The molecular formula is C22H53N2O7P. The summed E-state index contributed by atoms with van der Waals surface area (Å²) < 4.78 is 13.3. The van der Waals surface area contributed by atoms with Gasteiger partial charge in [0.2, 0.25) is 0 Å². The second kappa shape index (κ2) is 27.2. The Morgan fingerprint density at radius 3 is 1.12 bits per heavy atom. The summed E-state index contributed by atoms with van der Waals surface area (Å²) in [6, 6.07) is 0. The third-order valence-electron chi connectivity index (χ3n) is 4.48. The van der Waals surface area contributed by atoms with Gasteiger partial charge in [0.25, 0.3) is 0 Å². The van der Waals surface area contributed by atoms with Crippen molar-refractivity contribution < 1.29 is 34.2 Å². The van der Waals surface area contributed by atoms with Crippen molar-refractivity contribution in [3.8, 4) is 0 Å². The maximum absolute atomic E-state index is 9.82. The molecule has 0 aromatic carbocycles. The first-order chi connectivity index (χ1) is 15.0. The molecule has 0 radical (unpaired) electrons. The number of phosphoric ester groups is 1. The molecule has 10 heteroatoms. The monoisotopic (exact) mass is 488 g/mol. The molecular weight excluding hydrogens is 435 g/mol. The molecule has 0 rings (SSSR count). The Bertz CT molecular complexity index is 375. The van der Waals surface area contributed by atoms with Gasteiger partial charge in [0.15, 0.2) is 0 Å². The van der Waals surface area contributed by atoms with Crippen molar-refractivity contribution in [2.75, 3.05) is 19.7 Å². The number of hydrogen-bond donors (Lipinski definition) is 7. The first kappa shape index (κ1) is 36.5. The van der Waals surface area contributed by atoms with E-state index in [9.17, 15) is 4.57 Å². The summed E-state index contributed by atoms with van der Waals surface area (Å²) in [4.78, 5) is 15.9. The van der Waals surface area contributed by atoms with E-state index in [-0.39, 0.29) is 0 Å². The van der Waals surface area contributed by atoms with Crippen molar-refractivity contribution in [3.05, 3.63) is 0 Å². The van der Waals surface area contributed by atoms with Gasteiger partial charge in [0, 0.05) is 0 Å². The van der Waals surface area contributed by atoms with Crippen LogP contribution in [0.25, 0.3) is 0 Å². The molecule has 0 aromatic heterocycles. The normalized spacial score (nSPS) is 11.4. The number of unbranched alkanes of at least 4 members (excludes halogenated alkanes) is 15. The molecule has 0 atom stereocenters. The average Bonchev–Trinajstić information content (AvgIpc) is 2.70. The van der Waals surface area contributed by atoms with Crippen LogP contribution in [-0.4, -0.2) is 50.8 Å². The fraction of sp³-hybridized carbons (Fsp3) is 1.00. The molecule has 0 fully saturated rings. The SMILES string of the molecule is CCCCCCCCCCCCCCCCCCN.CCN.O=P(O)(O)OCC(O)(O)O. The van der Waals surface area contributed by atoms with Gasteiger partial charge in [-0.1, -0.05) is 110 Å². The van der Waals surface area contributed by atoms with Crippen LogP contribution in [0.15, 0.2) is 0 Å². The van der Waals surface area contributed by atoms with Crippen LogP contribution in [0.3, 0.4) is 0 Å². The maximum Gasteiger partial charge on any atom is 0.469 e. The molecule has 9 nitrogen and oxygen atoms in total. The largest absolute Gasteiger partial charge is 0.469 e. The van der Waals surface area contributed by atoms with Crippen molar-refractivity contribution in [2.45, 2.75) is 123 Å². The van der Waals surface area contributed by atoms with Gasteiger partial charge in [0.05, 0.1) is 0 Å². The van der Waals surface area contributed by atoms with E-state index < -0.39 is 20.4 Å². The van der Waals surface area contributed by atoms with Crippen LogP contribution in [0.2, 0.25) is 0 Å². The van der Waals surface area contributed by atoms with Gasteiger partial charge < -0.3 is 36.6 Å². The van der Waals surface area contributed by atoms with Crippen molar-refractivity contribution in [3.63, 3.8) is 0 Å². The lowest BCUT2D eigenvalue weighted by atomic mass is 10.0. The smallest absolute Gasteiger partial charge is 0.342 e. The van der Waals surface area contributed by atoms with Crippen LogP contribution in [0.4, 0.5) is 0 Å². The zero-order valence-corrected chi connectivity index (χ0v) is 21.5. The van der Waals surface area contributed by atoms with E-state index >= 15 is 0 Å². The van der Waals surface area contributed by atoms with E-state index in [4.69, 9.17) is 36.6 Å². The van der Waals surface area contributed by atoms with Gasteiger partial charge in [-0.2, -0.15) is 0 Å². The molecule has 0 saturated carbocycles. The van der Waals surface area contributed by atoms with E-state index in [2.05, 4.69) is 11.4 Å². The summed E-state index contributed by atoms with van der Waals surface area (Å²) >= 11 is 0. The van der Waals surface area contributed by atoms with Gasteiger partial charge in [0.1, 0.15) is 6.61 Å². The van der Waals surface area contributed by atoms with Crippen molar-refractivity contribution in [1.82, 2.24) is 0 Å². The third-order valence-corrected chi connectivity index (χ3v) is 4.95. The summed E-state index contributed by atoms with van der Waals surface area (Å²) in [6.45, 7) is 4.55. The van der Waals surface area contributed by atoms with Crippen LogP contribution in [-0.2, 0) is 9.09 Å². The van der Waals surface area contributed by atoms with Crippen LogP contribution in [0.1, 0.15) is 117 Å². The predicted octanol–water partition coefficient (Wildman–Crippen LogP) is 3.90. The van der Waals surface area contributed by atoms with Crippen molar-refractivity contribution in [2.24, 2.45) is 11.5 Å². The molecule has 0 amide bonds. The molecule has 32 heavy (non-hydrogen) atoms. The van der Waals surface area contributed by atoms with Gasteiger partial charge in [-0.15, -0.1) is 0 Å². The van der Waals surface area contributed by atoms with Crippen LogP contribution in [0.5, 0.6) is 0 Å². The average molecular weight is 489 g/mol. The summed E-state index contributed by atoms with van der Waals surface area (Å²) in [5.74, 6) is -3.21. The van der Waals surface area contributed by atoms with Crippen LogP contribution < -0.4 is 11.5 Å². The minimum absolute atomic E-state index is 0.750. The second-order valence-corrected chi connectivity index (χ2v) is 9.28. The van der Waals surface area contributed by atoms with E-state index in [0.29, 0.717) is 0 Å². The Balaban J connectivity index is -0.000000540. The summed E-state index contributed by atoms with van der Waals surface area (Å²) in [5, 5.41) is 24.1. The highest BCUT2D eigenvalue weighted by atomic mass is 31.2. The number of aliphatic hydroxyl groups is 3. The van der Waals surface area contributed by atoms with E-state index in [1.807, 2.05) is 6.92 Å². The highest BCUT2D eigenvalue weighted by Gasteiger charge is 2.24. The molecule has 0 aliphatic carbocycles. The molecule has 0 aromatic rings. The number of nitrogens with two attached hydrogens (primary N) is 2. The Hall–Kier alpha value is -0.0900.